The average molecular weight is 292 g/mol. The van der Waals surface area contributed by atoms with E-state index in [2.05, 4.69) is 24.0 Å². The molecule has 3 rings (SSSR count). The van der Waals surface area contributed by atoms with Gasteiger partial charge in [-0.15, -0.1) is 11.3 Å². The molecule has 98 valence electrons. The lowest BCUT2D eigenvalue weighted by atomic mass is 9.72. The number of hydrogen-bond donors (Lipinski definition) is 0. The maximum Gasteiger partial charge on any atom is 0.175 e. The number of pyridine rings is 1. The summed E-state index contributed by atoms with van der Waals surface area (Å²) in [6.07, 6.45) is 1.60. The number of fused-ring (bicyclic) bond motifs is 1. The molecule has 2 aromatic rings. The SMILES string of the molecule is Cc1ccc(C2(C)CCc3nc(Cl)ccc3C2=O)s1. The standard InChI is InChI=1S/C15H14ClNOS/c1-9-3-5-12(19-9)15(2)8-7-11-10(14(15)18)4-6-13(16)17-11/h3-6H,7-8H2,1-2H3. The van der Waals surface area contributed by atoms with E-state index >= 15 is 0 Å². The van der Waals surface area contributed by atoms with Gasteiger partial charge in [0.1, 0.15) is 5.15 Å². The van der Waals surface area contributed by atoms with Crippen molar-refractivity contribution in [2.24, 2.45) is 0 Å². The van der Waals surface area contributed by atoms with Gasteiger partial charge in [-0.3, -0.25) is 4.79 Å². The molecule has 1 aliphatic carbocycles. The van der Waals surface area contributed by atoms with Gasteiger partial charge in [0.05, 0.1) is 11.1 Å². The van der Waals surface area contributed by atoms with E-state index in [1.807, 2.05) is 13.0 Å². The summed E-state index contributed by atoms with van der Waals surface area (Å²) in [5.41, 5.74) is 1.15. The van der Waals surface area contributed by atoms with Crippen LogP contribution in [-0.4, -0.2) is 10.8 Å². The second kappa shape index (κ2) is 4.43. The highest BCUT2D eigenvalue weighted by molar-refractivity contribution is 7.12. The van der Waals surface area contributed by atoms with Gasteiger partial charge in [-0.25, -0.2) is 4.98 Å². The Morgan fingerprint density at radius 3 is 2.79 bits per heavy atom. The van der Waals surface area contributed by atoms with Gasteiger partial charge in [-0.1, -0.05) is 11.6 Å². The number of rotatable bonds is 1. The van der Waals surface area contributed by atoms with Crippen LogP contribution >= 0.6 is 22.9 Å². The van der Waals surface area contributed by atoms with Crippen LogP contribution in [0.1, 0.15) is 39.2 Å². The molecule has 0 saturated carbocycles. The van der Waals surface area contributed by atoms with E-state index in [9.17, 15) is 4.79 Å². The van der Waals surface area contributed by atoms with Gasteiger partial charge >= 0.3 is 0 Å². The number of carbonyl (C=O) groups is 1. The number of aryl methyl sites for hydroxylation is 2. The average Bonchev–Trinajstić information content (AvgIpc) is 2.81. The van der Waals surface area contributed by atoms with Crippen LogP contribution in [-0.2, 0) is 11.8 Å². The number of nitrogens with zero attached hydrogens (tertiary/aromatic N) is 1. The molecule has 2 heterocycles. The molecule has 0 saturated heterocycles. The van der Waals surface area contributed by atoms with E-state index in [-0.39, 0.29) is 5.78 Å². The molecule has 19 heavy (non-hydrogen) atoms. The van der Waals surface area contributed by atoms with Crippen molar-refractivity contribution < 1.29 is 4.79 Å². The molecule has 0 aromatic carbocycles. The molecule has 0 fully saturated rings. The molecule has 0 aliphatic heterocycles. The number of halogens is 1. The van der Waals surface area contributed by atoms with Gasteiger partial charge in [0, 0.05) is 15.3 Å². The summed E-state index contributed by atoms with van der Waals surface area (Å²) >= 11 is 7.60. The number of hydrogen-bond acceptors (Lipinski definition) is 3. The third kappa shape index (κ3) is 2.01. The molecule has 2 nitrogen and oxygen atoms in total. The first-order valence-corrected chi connectivity index (χ1v) is 7.47. The maximum atomic E-state index is 12.8. The van der Waals surface area contributed by atoms with Crippen LogP contribution in [0.5, 0.6) is 0 Å². The molecule has 0 bridgehead atoms. The molecule has 1 unspecified atom stereocenters. The molecule has 1 aliphatic rings. The summed E-state index contributed by atoms with van der Waals surface area (Å²) in [5.74, 6) is 0.166. The van der Waals surface area contributed by atoms with Crippen molar-refractivity contribution in [2.45, 2.75) is 32.1 Å². The number of Topliss-reactive ketones (excluding diaryl/α,β-unsaturated/α-hetero) is 1. The van der Waals surface area contributed by atoms with Gasteiger partial charge in [0.2, 0.25) is 0 Å². The highest BCUT2D eigenvalue weighted by Crippen LogP contribution is 2.40. The summed E-state index contributed by atoms with van der Waals surface area (Å²) in [6.45, 7) is 4.11. The zero-order chi connectivity index (χ0) is 13.6. The highest BCUT2D eigenvalue weighted by Gasteiger charge is 2.41. The van der Waals surface area contributed by atoms with E-state index in [4.69, 9.17) is 11.6 Å². The largest absolute Gasteiger partial charge is 0.293 e. The van der Waals surface area contributed by atoms with Crippen LogP contribution in [0.2, 0.25) is 5.15 Å². The molecule has 0 radical (unpaired) electrons. The lowest BCUT2D eigenvalue weighted by Crippen LogP contribution is -2.37. The lowest BCUT2D eigenvalue weighted by molar-refractivity contribution is 0.0877. The summed E-state index contributed by atoms with van der Waals surface area (Å²) in [6, 6.07) is 7.66. The minimum absolute atomic E-state index is 0.166. The van der Waals surface area contributed by atoms with Gasteiger partial charge in [-0.2, -0.15) is 0 Å². The summed E-state index contributed by atoms with van der Waals surface area (Å²) in [5, 5.41) is 0.460. The predicted octanol–water partition coefficient (Wildman–Crippen LogP) is 4.19. The van der Waals surface area contributed by atoms with Crippen molar-refractivity contribution >= 4 is 28.7 Å². The Balaban J connectivity index is 2.08. The van der Waals surface area contributed by atoms with Crippen LogP contribution in [0.25, 0.3) is 0 Å². The van der Waals surface area contributed by atoms with Gasteiger partial charge in [0.15, 0.2) is 5.78 Å². The number of ketones is 1. The topological polar surface area (TPSA) is 30.0 Å². The zero-order valence-corrected chi connectivity index (χ0v) is 12.4. The smallest absolute Gasteiger partial charge is 0.175 e. The van der Waals surface area contributed by atoms with E-state index in [1.54, 1.807) is 17.4 Å². The monoisotopic (exact) mass is 291 g/mol. The normalized spacial score (nSPS) is 22.4. The zero-order valence-electron chi connectivity index (χ0n) is 10.9. The Labute approximate surface area is 121 Å². The third-order valence-electron chi connectivity index (χ3n) is 3.83. The summed E-state index contributed by atoms with van der Waals surface area (Å²) < 4.78 is 0. The molecule has 0 N–H and O–H groups in total. The van der Waals surface area contributed by atoms with Gasteiger partial charge in [-0.05, 0) is 51.0 Å². The second-order valence-corrected chi connectivity index (χ2v) is 6.87. The van der Waals surface area contributed by atoms with Crippen molar-refractivity contribution in [3.8, 4) is 0 Å². The minimum Gasteiger partial charge on any atom is -0.293 e. The molecule has 0 amide bonds. The molecular weight excluding hydrogens is 278 g/mol. The fraction of sp³-hybridized carbons (Fsp3) is 0.333. The molecule has 1 atom stereocenters. The van der Waals surface area contributed by atoms with E-state index in [0.717, 1.165) is 29.0 Å². The predicted molar refractivity (Wildman–Crippen MR) is 78.3 cm³/mol. The fourth-order valence-corrected chi connectivity index (χ4v) is 3.82. The van der Waals surface area contributed by atoms with Crippen molar-refractivity contribution in [3.05, 3.63) is 50.4 Å². The van der Waals surface area contributed by atoms with E-state index in [1.165, 1.54) is 4.88 Å². The van der Waals surface area contributed by atoms with Crippen molar-refractivity contribution in [2.75, 3.05) is 0 Å². The lowest BCUT2D eigenvalue weighted by Gasteiger charge is -2.32. The number of carbonyl (C=O) groups excluding carboxylic acids is 1. The first-order chi connectivity index (χ1) is 9.00. The first kappa shape index (κ1) is 12.8. The van der Waals surface area contributed by atoms with Crippen LogP contribution in [0.3, 0.4) is 0 Å². The molecular formula is C15H14ClNOS. The maximum absolute atomic E-state index is 12.8. The Bertz CT molecular complexity index is 664. The molecule has 2 aromatic heterocycles. The minimum atomic E-state index is -0.415. The first-order valence-electron chi connectivity index (χ1n) is 6.28. The highest BCUT2D eigenvalue weighted by atomic mass is 35.5. The van der Waals surface area contributed by atoms with Crippen LogP contribution in [0.4, 0.5) is 0 Å². The third-order valence-corrected chi connectivity index (χ3v) is 5.31. The van der Waals surface area contributed by atoms with Crippen molar-refractivity contribution in [3.63, 3.8) is 0 Å². The quantitative estimate of drug-likeness (QED) is 0.737. The van der Waals surface area contributed by atoms with Crippen LogP contribution < -0.4 is 0 Å². The van der Waals surface area contributed by atoms with Crippen LogP contribution in [0, 0.1) is 6.92 Å². The van der Waals surface area contributed by atoms with E-state index < -0.39 is 5.41 Å². The Morgan fingerprint density at radius 2 is 2.11 bits per heavy atom. The van der Waals surface area contributed by atoms with E-state index in [0.29, 0.717) is 5.15 Å². The van der Waals surface area contributed by atoms with Gasteiger partial charge < -0.3 is 0 Å². The van der Waals surface area contributed by atoms with Crippen molar-refractivity contribution in [1.29, 1.82) is 0 Å². The number of thiophene rings is 1. The molecule has 4 heteroatoms. The summed E-state index contributed by atoms with van der Waals surface area (Å²) in [4.78, 5) is 19.4. The van der Waals surface area contributed by atoms with Crippen LogP contribution in [0.15, 0.2) is 24.3 Å². The Kier molecular flexibility index (Phi) is 2.99. The second-order valence-electron chi connectivity index (χ2n) is 5.20. The molecule has 0 spiro atoms. The Hall–Kier alpha value is -1.19. The van der Waals surface area contributed by atoms with Gasteiger partial charge in [0.25, 0.3) is 0 Å². The van der Waals surface area contributed by atoms with Crippen molar-refractivity contribution in [1.82, 2.24) is 4.98 Å². The Morgan fingerprint density at radius 1 is 1.32 bits per heavy atom. The number of aromatic nitrogens is 1. The summed E-state index contributed by atoms with van der Waals surface area (Å²) in [7, 11) is 0. The fourth-order valence-electron chi connectivity index (χ4n) is 2.62.